The molecule has 0 bridgehead atoms. The highest BCUT2D eigenvalue weighted by Crippen LogP contribution is 2.23. The van der Waals surface area contributed by atoms with Crippen LogP contribution < -0.4 is 0 Å². The molecule has 2 heterocycles. The third-order valence-corrected chi connectivity index (χ3v) is 4.70. The first-order valence-electron chi connectivity index (χ1n) is 7.44. The van der Waals surface area contributed by atoms with E-state index in [1.807, 2.05) is 36.2 Å². The molecule has 6 heteroatoms. The summed E-state index contributed by atoms with van der Waals surface area (Å²) in [6.07, 6.45) is 2.63. The predicted octanol–water partition coefficient (Wildman–Crippen LogP) is 1.30. The normalized spacial score (nSPS) is 23.4. The van der Waals surface area contributed by atoms with Gasteiger partial charge in [0.05, 0.1) is 22.7 Å². The average molecular weight is 311 g/mol. The van der Waals surface area contributed by atoms with E-state index in [2.05, 4.69) is 4.98 Å². The van der Waals surface area contributed by atoms with Gasteiger partial charge in [-0.2, -0.15) is 0 Å². The number of carbonyl (C=O) groups is 1. The zero-order valence-corrected chi connectivity index (χ0v) is 13.9. The lowest BCUT2D eigenvalue weighted by molar-refractivity contribution is -0.130. The summed E-state index contributed by atoms with van der Waals surface area (Å²) in [6, 6.07) is 0. The largest absolute Gasteiger partial charge is 0.388 e. The molecule has 1 aliphatic rings. The zero-order valence-electron chi connectivity index (χ0n) is 13.1. The molecule has 1 aromatic heterocycles. The summed E-state index contributed by atoms with van der Waals surface area (Å²) in [5.74, 6) is 0.120. The van der Waals surface area contributed by atoms with Gasteiger partial charge in [-0.1, -0.05) is 0 Å². The molecule has 1 saturated heterocycles. The highest BCUT2D eigenvalue weighted by Gasteiger charge is 2.31. The van der Waals surface area contributed by atoms with Crippen molar-refractivity contribution in [2.75, 3.05) is 33.7 Å². The van der Waals surface area contributed by atoms with E-state index in [4.69, 9.17) is 0 Å². The number of likely N-dealkylation sites (tertiary alicyclic amines) is 1. The van der Waals surface area contributed by atoms with E-state index in [1.54, 1.807) is 11.3 Å². The Labute approximate surface area is 130 Å². The molecule has 118 valence electrons. The van der Waals surface area contributed by atoms with E-state index < -0.39 is 5.60 Å². The lowest BCUT2D eigenvalue weighted by Crippen LogP contribution is -2.41. The number of rotatable bonds is 4. The number of thiazole rings is 1. The van der Waals surface area contributed by atoms with Crippen LogP contribution >= 0.6 is 11.3 Å². The maximum Gasteiger partial charge on any atom is 0.228 e. The Morgan fingerprint density at radius 2 is 2.24 bits per heavy atom. The lowest BCUT2D eigenvalue weighted by atomic mass is 9.94. The second-order valence-electron chi connectivity index (χ2n) is 6.23. The van der Waals surface area contributed by atoms with Gasteiger partial charge in [0.15, 0.2) is 0 Å². The molecule has 0 aromatic carbocycles. The highest BCUT2D eigenvalue weighted by atomic mass is 32.1. The van der Waals surface area contributed by atoms with Crippen LogP contribution in [0.25, 0.3) is 0 Å². The molecule has 1 aliphatic heterocycles. The number of aliphatic hydroxyl groups is 1. The lowest BCUT2D eigenvalue weighted by Gasteiger charge is -2.29. The van der Waals surface area contributed by atoms with E-state index in [1.165, 1.54) is 0 Å². The van der Waals surface area contributed by atoms with Crippen molar-refractivity contribution in [1.82, 2.24) is 14.8 Å². The first-order chi connectivity index (χ1) is 9.88. The topological polar surface area (TPSA) is 56.7 Å². The van der Waals surface area contributed by atoms with Crippen LogP contribution in [0.4, 0.5) is 0 Å². The predicted molar refractivity (Wildman–Crippen MR) is 84.5 cm³/mol. The van der Waals surface area contributed by atoms with Crippen molar-refractivity contribution < 1.29 is 9.90 Å². The van der Waals surface area contributed by atoms with Gasteiger partial charge in [-0.3, -0.25) is 4.79 Å². The molecule has 2 rings (SSSR count). The van der Waals surface area contributed by atoms with Crippen LogP contribution in [0.3, 0.4) is 0 Å². The van der Waals surface area contributed by atoms with Gasteiger partial charge < -0.3 is 14.9 Å². The second kappa shape index (κ2) is 6.85. The molecule has 1 atom stereocenters. The number of likely N-dealkylation sites (N-methyl/N-ethyl adjacent to an activating group) is 1. The Kier molecular flexibility index (Phi) is 5.35. The second-order valence-corrected chi connectivity index (χ2v) is 7.29. The number of hydrogen-bond donors (Lipinski definition) is 1. The molecule has 0 saturated carbocycles. The van der Waals surface area contributed by atoms with Crippen molar-refractivity contribution >= 4 is 17.2 Å². The third kappa shape index (κ3) is 4.76. The van der Waals surface area contributed by atoms with Crippen molar-refractivity contribution in [3.63, 3.8) is 0 Å². The quantitative estimate of drug-likeness (QED) is 0.910. The Morgan fingerprint density at radius 3 is 2.86 bits per heavy atom. The van der Waals surface area contributed by atoms with Crippen LogP contribution in [0.1, 0.15) is 30.0 Å². The Hall–Kier alpha value is -0.980. The van der Waals surface area contributed by atoms with Crippen molar-refractivity contribution in [2.24, 2.45) is 0 Å². The summed E-state index contributed by atoms with van der Waals surface area (Å²) in [6.45, 7) is 3.97. The van der Waals surface area contributed by atoms with E-state index in [0.717, 1.165) is 30.1 Å². The number of amides is 1. The first-order valence-corrected chi connectivity index (χ1v) is 8.32. The summed E-state index contributed by atoms with van der Waals surface area (Å²) in [7, 11) is 3.94. The summed E-state index contributed by atoms with van der Waals surface area (Å²) >= 11 is 1.58. The molecule has 1 fully saturated rings. The van der Waals surface area contributed by atoms with E-state index in [-0.39, 0.29) is 5.91 Å². The molecule has 1 N–H and O–H groups in total. The molecule has 1 aromatic rings. The SMILES string of the molecule is Cc1nc(CC(=O)N2CCC[C@@](O)(CN(C)C)CC2)cs1. The first kappa shape index (κ1) is 16.4. The Balaban J connectivity index is 1.91. The maximum atomic E-state index is 12.4. The number of aromatic nitrogens is 1. The molecule has 21 heavy (non-hydrogen) atoms. The monoisotopic (exact) mass is 311 g/mol. The van der Waals surface area contributed by atoms with Crippen LogP contribution in [-0.2, 0) is 11.2 Å². The van der Waals surface area contributed by atoms with Gasteiger partial charge in [-0.05, 0) is 40.3 Å². The average Bonchev–Trinajstić information content (AvgIpc) is 2.67. The van der Waals surface area contributed by atoms with Crippen molar-refractivity contribution in [1.29, 1.82) is 0 Å². The summed E-state index contributed by atoms with van der Waals surface area (Å²) < 4.78 is 0. The Bertz CT molecular complexity index is 489. The zero-order chi connectivity index (χ0) is 15.5. The molecular formula is C15H25N3O2S. The molecule has 0 spiro atoms. The number of nitrogens with zero attached hydrogens (tertiary/aromatic N) is 3. The van der Waals surface area contributed by atoms with Gasteiger partial charge >= 0.3 is 0 Å². The minimum atomic E-state index is -0.671. The number of carbonyl (C=O) groups excluding carboxylic acids is 1. The van der Waals surface area contributed by atoms with Gasteiger partial charge in [0.1, 0.15) is 0 Å². The smallest absolute Gasteiger partial charge is 0.228 e. The van der Waals surface area contributed by atoms with Crippen LogP contribution in [0.2, 0.25) is 0 Å². The molecular weight excluding hydrogens is 286 g/mol. The van der Waals surface area contributed by atoms with Gasteiger partial charge in [-0.15, -0.1) is 11.3 Å². The van der Waals surface area contributed by atoms with E-state index >= 15 is 0 Å². The molecule has 1 amide bonds. The molecule has 0 aliphatic carbocycles. The van der Waals surface area contributed by atoms with Gasteiger partial charge in [-0.25, -0.2) is 4.98 Å². The molecule has 5 nitrogen and oxygen atoms in total. The summed E-state index contributed by atoms with van der Waals surface area (Å²) in [5, 5.41) is 13.6. The molecule has 0 unspecified atom stereocenters. The third-order valence-electron chi connectivity index (χ3n) is 3.88. The summed E-state index contributed by atoms with van der Waals surface area (Å²) in [5.41, 5.74) is 0.186. The minimum absolute atomic E-state index is 0.120. The number of aryl methyl sites for hydroxylation is 1. The van der Waals surface area contributed by atoms with Gasteiger partial charge in [0.2, 0.25) is 5.91 Å². The van der Waals surface area contributed by atoms with Crippen molar-refractivity contribution in [2.45, 2.75) is 38.2 Å². The van der Waals surface area contributed by atoms with Crippen molar-refractivity contribution in [3.05, 3.63) is 16.1 Å². The minimum Gasteiger partial charge on any atom is -0.388 e. The van der Waals surface area contributed by atoms with Gasteiger partial charge in [0.25, 0.3) is 0 Å². The Morgan fingerprint density at radius 1 is 1.48 bits per heavy atom. The van der Waals surface area contributed by atoms with Crippen LogP contribution in [0.5, 0.6) is 0 Å². The fourth-order valence-corrected chi connectivity index (χ4v) is 3.54. The van der Waals surface area contributed by atoms with Crippen LogP contribution in [0.15, 0.2) is 5.38 Å². The summed E-state index contributed by atoms with van der Waals surface area (Å²) in [4.78, 5) is 20.6. The van der Waals surface area contributed by atoms with Crippen LogP contribution in [0, 0.1) is 6.92 Å². The van der Waals surface area contributed by atoms with E-state index in [9.17, 15) is 9.90 Å². The van der Waals surface area contributed by atoms with Gasteiger partial charge in [0, 0.05) is 25.0 Å². The standard InChI is InChI=1S/C15H25N3O2S/c1-12-16-13(10-21-12)9-14(19)18-7-4-5-15(20,6-8-18)11-17(2)3/h10,20H,4-9,11H2,1-3H3/t15-/m0/s1. The van der Waals surface area contributed by atoms with E-state index in [0.29, 0.717) is 25.9 Å². The molecule has 0 radical (unpaired) electrons. The fourth-order valence-electron chi connectivity index (χ4n) is 2.93. The fraction of sp³-hybridized carbons (Fsp3) is 0.733. The van der Waals surface area contributed by atoms with Crippen LogP contribution in [-0.4, -0.2) is 65.1 Å². The maximum absolute atomic E-state index is 12.4. The number of hydrogen-bond acceptors (Lipinski definition) is 5. The van der Waals surface area contributed by atoms with Crippen molar-refractivity contribution in [3.8, 4) is 0 Å². The highest BCUT2D eigenvalue weighted by molar-refractivity contribution is 7.09.